The number of hydrogen-bond acceptors (Lipinski definition) is 7. The van der Waals surface area contributed by atoms with Crippen LogP contribution in [0.15, 0.2) is 91.6 Å². The highest BCUT2D eigenvalue weighted by atomic mass is 16.5. The number of ether oxygens (including phenoxy) is 1. The number of carbonyl (C=O) groups excluding carboxylic acids is 1. The van der Waals surface area contributed by atoms with E-state index < -0.39 is 12.0 Å². The smallest absolute Gasteiger partial charge is 0.223 e. The van der Waals surface area contributed by atoms with Crippen LogP contribution in [0, 0.1) is 6.92 Å². The van der Waals surface area contributed by atoms with E-state index in [-0.39, 0.29) is 12.2 Å². The Labute approximate surface area is 278 Å². The lowest BCUT2D eigenvalue weighted by atomic mass is 10.1. The maximum Gasteiger partial charge on any atom is 0.223 e. The van der Waals surface area contributed by atoms with E-state index in [1.807, 2.05) is 82.9 Å². The van der Waals surface area contributed by atoms with Crippen molar-refractivity contribution in [2.24, 2.45) is 5.73 Å². The van der Waals surface area contributed by atoms with E-state index in [9.17, 15) is 15.0 Å². The molecule has 3 aromatic heterocycles. The molecule has 246 valence electrons. The predicted octanol–water partition coefficient (Wildman–Crippen LogP) is 4.84. The molecule has 6 aromatic rings. The van der Waals surface area contributed by atoms with Gasteiger partial charge in [0.1, 0.15) is 17.2 Å². The molecule has 0 aliphatic rings. The van der Waals surface area contributed by atoms with Crippen LogP contribution >= 0.6 is 0 Å². The Balaban J connectivity index is 1.17. The van der Waals surface area contributed by atoms with Crippen LogP contribution in [0.1, 0.15) is 57.6 Å². The van der Waals surface area contributed by atoms with E-state index in [0.717, 1.165) is 50.7 Å². The van der Waals surface area contributed by atoms with Gasteiger partial charge in [0.15, 0.2) is 0 Å². The summed E-state index contributed by atoms with van der Waals surface area (Å²) in [6.45, 7) is 4.73. The number of aliphatic hydroxyl groups excluding tert-OH is 1. The van der Waals surface area contributed by atoms with Gasteiger partial charge in [-0.1, -0.05) is 36.4 Å². The van der Waals surface area contributed by atoms with Gasteiger partial charge < -0.3 is 29.8 Å². The Morgan fingerprint density at radius 2 is 1.48 bits per heavy atom. The van der Waals surface area contributed by atoms with E-state index in [1.165, 1.54) is 0 Å². The van der Waals surface area contributed by atoms with Crippen molar-refractivity contribution >= 4 is 5.91 Å². The molecule has 0 radical (unpaired) electrons. The van der Waals surface area contributed by atoms with Crippen LogP contribution in [0.25, 0.3) is 0 Å². The van der Waals surface area contributed by atoms with Crippen molar-refractivity contribution in [3.8, 4) is 17.2 Å². The number of nitrogens with zero attached hydrogens (tertiary/aromatic N) is 5. The van der Waals surface area contributed by atoms with Gasteiger partial charge in [0, 0.05) is 44.2 Å². The van der Waals surface area contributed by atoms with Crippen LogP contribution in [-0.2, 0) is 43.6 Å². The molecule has 0 fully saturated rings. The number of nitrogens with one attached hydrogen (secondary N) is 1. The Kier molecular flexibility index (Phi) is 9.67. The summed E-state index contributed by atoms with van der Waals surface area (Å²) in [5, 5.41) is 27.2. The lowest BCUT2D eigenvalue weighted by molar-refractivity contribution is -0.117. The molecule has 0 saturated carbocycles. The lowest BCUT2D eigenvalue weighted by Crippen LogP contribution is -2.18. The number of aromatic nitrogens is 6. The largest absolute Gasteiger partial charge is 0.508 e. The number of nitrogens with two attached hydrogens (primary N) is 1. The summed E-state index contributed by atoms with van der Waals surface area (Å²) >= 11 is 0. The van der Waals surface area contributed by atoms with Crippen LogP contribution in [0.3, 0.4) is 0 Å². The van der Waals surface area contributed by atoms with Crippen LogP contribution in [0.5, 0.6) is 17.2 Å². The van der Waals surface area contributed by atoms with Crippen molar-refractivity contribution in [1.82, 2.24) is 29.3 Å². The van der Waals surface area contributed by atoms with Crippen LogP contribution in [-0.4, -0.2) is 51.5 Å². The van der Waals surface area contributed by atoms with Gasteiger partial charge in [0.2, 0.25) is 5.91 Å². The average molecular weight is 646 g/mol. The van der Waals surface area contributed by atoms with Crippen molar-refractivity contribution < 1.29 is 19.7 Å². The maximum atomic E-state index is 12.0. The standard InChI is InChI=1S/C37H39N7O4/c1-24(45)12-35-33(39-22-43(35)20-27-7-3-9-30(46)13-27)16-26-6-4-10-31(14-26)48-32-11-5-8-28(15-32)21-44-23-40-34(36(44)18-37(38)47)17-29-19-41-42-25(29)2/h3-11,13-15,19,22-24,45-46H,12,16-18,20-21H2,1-2H3,(H2,38,47)(H,41,42). The summed E-state index contributed by atoms with van der Waals surface area (Å²) in [6, 6.07) is 22.9. The number of amides is 1. The molecule has 11 heteroatoms. The number of imidazole rings is 2. The topological polar surface area (TPSA) is 157 Å². The van der Waals surface area contributed by atoms with Crippen molar-refractivity contribution in [2.45, 2.75) is 58.7 Å². The quantitative estimate of drug-likeness (QED) is 0.132. The molecule has 6 rings (SSSR count). The molecule has 0 spiro atoms. The zero-order valence-electron chi connectivity index (χ0n) is 27.0. The normalized spacial score (nSPS) is 11.9. The van der Waals surface area contributed by atoms with Gasteiger partial charge in [0.05, 0.1) is 48.0 Å². The van der Waals surface area contributed by atoms with E-state index >= 15 is 0 Å². The Bertz CT molecular complexity index is 2020. The first-order chi connectivity index (χ1) is 23.2. The second-order valence-corrected chi connectivity index (χ2v) is 12.1. The minimum absolute atomic E-state index is 0.0855. The highest BCUT2D eigenvalue weighted by molar-refractivity contribution is 5.76. The number of phenolic OH excluding ortho intramolecular Hbond substituents is 1. The number of H-pyrrole nitrogens is 1. The van der Waals surface area contributed by atoms with Gasteiger partial charge in [-0.05, 0) is 72.5 Å². The molecule has 5 N–H and O–H groups in total. The number of aromatic amines is 1. The van der Waals surface area contributed by atoms with Crippen molar-refractivity contribution in [3.05, 3.63) is 142 Å². The maximum absolute atomic E-state index is 12.0. The zero-order chi connectivity index (χ0) is 33.6. The highest BCUT2D eigenvalue weighted by Gasteiger charge is 2.17. The first-order valence-electron chi connectivity index (χ1n) is 15.8. The molecular formula is C37H39N7O4. The number of primary amides is 1. The third kappa shape index (κ3) is 7.99. The molecular weight excluding hydrogens is 606 g/mol. The van der Waals surface area contributed by atoms with Crippen molar-refractivity contribution in [3.63, 3.8) is 0 Å². The first-order valence-corrected chi connectivity index (χ1v) is 15.8. The summed E-state index contributed by atoms with van der Waals surface area (Å²) in [5.74, 6) is 1.17. The zero-order valence-corrected chi connectivity index (χ0v) is 27.0. The average Bonchev–Trinajstić information content (AvgIpc) is 3.73. The SMILES string of the molecule is Cc1n[nH]cc1Cc1ncn(Cc2cccc(Oc3cccc(Cc4ncn(Cc5cccc(O)c5)c4CC(C)O)c3)c2)c1CC(N)=O. The summed E-state index contributed by atoms with van der Waals surface area (Å²) in [6.07, 6.45) is 6.51. The van der Waals surface area contributed by atoms with E-state index in [4.69, 9.17) is 15.5 Å². The number of aryl methyl sites for hydroxylation is 1. The van der Waals surface area contributed by atoms with Gasteiger partial charge in [-0.2, -0.15) is 5.10 Å². The number of hydrogen-bond donors (Lipinski definition) is 4. The van der Waals surface area contributed by atoms with Crippen molar-refractivity contribution in [1.29, 1.82) is 0 Å². The highest BCUT2D eigenvalue weighted by Crippen LogP contribution is 2.26. The molecule has 3 heterocycles. The molecule has 0 aliphatic carbocycles. The Morgan fingerprint density at radius 3 is 2.10 bits per heavy atom. The van der Waals surface area contributed by atoms with E-state index in [2.05, 4.69) is 15.2 Å². The minimum atomic E-state index is -0.535. The molecule has 1 amide bonds. The first kappa shape index (κ1) is 32.3. The van der Waals surface area contributed by atoms with Crippen molar-refractivity contribution in [2.75, 3.05) is 0 Å². The molecule has 1 atom stereocenters. The minimum Gasteiger partial charge on any atom is -0.508 e. The molecule has 3 aromatic carbocycles. The van der Waals surface area contributed by atoms with Gasteiger partial charge in [-0.3, -0.25) is 9.89 Å². The van der Waals surface area contributed by atoms with Gasteiger partial charge in [-0.15, -0.1) is 0 Å². The molecule has 0 saturated heterocycles. The van der Waals surface area contributed by atoms with Gasteiger partial charge in [-0.25, -0.2) is 9.97 Å². The fourth-order valence-corrected chi connectivity index (χ4v) is 5.90. The lowest BCUT2D eigenvalue weighted by Gasteiger charge is -2.13. The fraction of sp³-hybridized carbons (Fsp3) is 0.243. The summed E-state index contributed by atoms with van der Waals surface area (Å²) in [5.41, 5.74) is 13.9. The summed E-state index contributed by atoms with van der Waals surface area (Å²) in [4.78, 5) is 21.3. The van der Waals surface area contributed by atoms with Gasteiger partial charge >= 0.3 is 0 Å². The monoisotopic (exact) mass is 645 g/mol. The molecule has 1 unspecified atom stereocenters. The number of aliphatic hydroxyl groups is 1. The van der Waals surface area contributed by atoms with E-state index in [1.54, 1.807) is 31.7 Å². The Morgan fingerprint density at radius 1 is 0.875 bits per heavy atom. The van der Waals surface area contributed by atoms with Crippen LogP contribution in [0.2, 0.25) is 0 Å². The molecule has 0 aliphatic heterocycles. The number of rotatable bonds is 14. The second kappa shape index (κ2) is 14.4. The molecule has 11 nitrogen and oxygen atoms in total. The molecule has 0 bridgehead atoms. The van der Waals surface area contributed by atoms with Crippen LogP contribution < -0.4 is 10.5 Å². The van der Waals surface area contributed by atoms with Crippen LogP contribution in [0.4, 0.5) is 0 Å². The summed E-state index contributed by atoms with van der Waals surface area (Å²) < 4.78 is 10.3. The fourth-order valence-electron chi connectivity index (χ4n) is 5.90. The third-order valence-corrected chi connectivity index (χ3v) is 8.21. The second-order valence-electron chi connectivity index (χ2n) is 12.1. The predicted molar refractivity (Wildman–Crippen MR) is 181 cm³/mol. The van der Waals surface area contributed by atoms with Gasteiger partial charge in [0.25, 0.3) is 0 Å². The number of carbonyl (C=O) groups is 1. The number of phenols is 1. The third-order valence-electron chi connectivity index (χ3n) is 8.21. The number of aromatic hydroxyl groups is 1. The summed E-state index contributed by atoms with van der Waals surface area (Å²) in [7, 11) is 0. The molecule has 48 heavy (non-hydrogen) atoms. The van der Waals surface area contributed by atoms with E-state index in [0.29, 0.717) is 43.9 Å². The Hall–Kier alpha value is -5.68. The number of benzene rings is 3.